The van der Waals surface area contributed by atoms with Crippen LogP contribution in [0.2, 0.25) is 5.02 Å². The molecule has 4 heteroatoms. The molecule has 0 amide bonds. The Labute approximate surface area is 119 Å². The highest BCUT2D eigenvalue weighted by Gasteiger charge is 2.17. The molecule has 0 bridgehead atoms. The Morgan fingerprint density at radius 1 is 1.32 bits per heavy atom. The summed E-state index contributed by atoms with van der Waals surface area (Å²) < 4.78 is 1.99. The van der Waals surface area contributed by atoms with Gasteiger partial charge >= 0.3 is 0 Å². The molecule has 1 heterocycles. The molecule has 0 aliphatic heterocycles. The Hall–Kier alpha value is -1.32. The molecule has 1 unspecified atom stereocenters. The molecule has 1 aromatic carbocycles. The van der Waals surface area contributed by atoms with E-state index in [0.29, 0.717) is 6.54 Å². The Morgan fingerprint density at radius 3 is 2.63 bits per heavy atom. The Balaban J connectivity index is 2.35. The van der Waals surface area contributed by atoms with Crippen LogP contribution in [-0.2, 0) is 6.54 Å². The molecule has 0 aliphatic carbocycles. The van der Waals surface area contributed by atoms with Crippen LogP contribution in [0.4, 0.5) is 0 Å². The van der Waals surface area contributed by atoms with Crippen molar-refractivity contribution in [2.24, 2.45) is 5.73 Å². The molecule has 102 valence electrons. The molecule has 2 N–H and O–H groups in total. The largest absolute Gasteiger partial charge is 0.324 e. The molecule has 2 rings (SSSR count). The van der Waals surface area contributed by atoms with Gasteiger partial charge in [0.15, 0.2) is 0 Å². The van der Waals surface area contributed by atoms with Gasteiger partial charge < -0.3 is 5.73 Å². The molecule has 0 saturated heterocycles. The van der Waals surface area contributed by atoms with Crippen LogP contribution in [0, 0.1) is 13.8 Å². The second-order valence-electron chi connectivity index (χ2n) is 4.85. The zero-order valence-corrected chi connectivity index (χ0v) is 12.4. The third kappa shape index (κ3) is 2.82. The van der Waals surface area contributed by atoms with Crippen LogP contribution in [0.25, 0.3) is 0 Å². The summed E-state index contributed by atoms with van der Waals surface area (Å²) in [4.78, 5) is 0. The summed E-state index contributed by atoms with van der Waals surface area (Å²) in [5.41, 5.74) is 10.5. The first kappa shape index (κ1) is 14.1. The topological polar surface area (TPSA) is 43.8 Å². The molecule has 0 aliphatic rings. The van der Waals surface area contributed by atoms with Crippen molar-refractivity contribution >= 4 is 11.6 Å². The second kappa shape index (κ2) is 5.76. The zero-order valence-electron chi connectivity index (χ0n) is 11.7. The molecule has 19 heavy (non-hydrogen) atoms. The summed E-state index contributed by atoms with van der Waals surface area (Å²) in [5, 5.41) is 5.37. The van der Waals surface area contributed by atoms with Crippen molar-refractivity contribution in [1.82, 2.24) is 9.78 Å². The van der Waals surface area contributed by atoms with Gasteiger partial charge in [0.25, 0.3) is 0 Å². The van der Waals surface area contributed by atoms with Crippen molar-refractivity contribution in [3.05, 3.63) is 51.8 Å². The van der Waals surface area contributed by atoms with E-state index in [1.807, 2.05) is 35.9 Å². The number of hydrogen-bond acceptors (Lipinski definition) is 2. The monoisotopic (exact) mass is 277 g/mol. The van der Waals surface area contributed by atoms with E-state index < -0.39 is 0 Å². The number of hydrogen-bond donors (Lipinski definition) is 1. The third-order valence-electron chi connectivity index (χ3n) is 3.53. The molecular weight excluding hydrogens is 258 g/mol. The van der Waals surface area contributed by atoms with E-state index in [0.717, 1.165) is 34.0 Å². The maximum Gasteiger partial charge on any atom is 0.0677 e. The van der Waals surface area contributed by atoms with E-state index in [-0.39, 0.29) is 6.04 Å². The molecule has 0 spiro atoms. The van der Waals surface area contributed by atoms with E-state index >= 15 is 0 Å². The fourth-order valence-electron chi connectivity index (χ4n) is 2.39. The summed E-state index contributed by atoms with van der Waals surface area (Å²) in [6, 6.07) is 7.91. The smallest absolute Gasteiger partial charge is 0.0677 e. The minimum absolute atomic E-state index is 0.0556. The van der Waals surface area contributed by atoms with Crippen LogP contribution in [0.3, 0.4) is 0 Å². The number of aryl methyl sites for hydroxylation is 1. The first-order valence-corrected chi connectivity index (χ1v) is 6.95. The normalized spacial score (nSPS) is 12.7. The lowest BCUT2D eigenvalue weighted by molar-refractivity contribution is 0.650. The fraction of sp³-hybridized carbons (Fsp3) is 0.400. The lowest BCUT2D eigenvalue weighted by atomic mass is 10.0. The van der Waals surface area contributed by atoms with Crippen LogP contribution in [-0.4, -0.2) is 9.78 Å². The number of nitrogens with zero attached hydrogens (tertiary/aromatic N) is 2. The van der Waals surface area contributed by atoms with Crippen LogP contribution in [0.5, 0.6) is 0 Å². The summed E-state index contributed by atoms with van der Waals surface area (Å²) in [7, 11) is 0. The van der Waals surface area contributed by atoms with Crippen LogP contribution in [0.15, 0.2) is 24.3 Å². The first-order valence-electron chi connectivity index (χ1n) is 6.57. The van der Waals surface area contributed by atoms with Gasteiger partial charge in [-0.25, -0.2) is 0 Å². The van der Waals surface area contributed by atoms with Gasteiger partial charge in [-0.2, -0.15) is 5.10 Å². The van der Waals surface area contributed by atoms with Crippen molar-refractivity contribution in [3.63, 3.8) is 0 Å². The molecule has 1 atom stereocenters. The van der Waals surface area contributed by atoms with Crippen molar-refractivity contribution in [2.45, 2.75) is 39.8 Å². The Bertz CT molecular complexity index is 575. The van der Waals surface area contributed by atoms with Gasteiger partial charge in [0, 0.05) is 22.3 Å². The number of rotatable bonds is 4. The van der Waals surface area contributed by atoms with Crippen LogP contribution >= 0.6 is 11.6 Å². The second-order valence-corrected chi connectivity index (χ2v) is 5.26. The molecule has 3 nitrogen and oxygen atoms in total. The molecular formula is C15H20ClN3. The van der Waals surface area contributed by atoms with Gasteiger partial charge in [-0.1, -0.05) is 36.7 Å². The SMILES string of the molecule is CCC(N)c1c(C)nn(Cc2ccccc2Cl)c1C. The lowest BCUT2D eigenvalue weighted by Crippen LogP contribution is -2.11. The van der Waals surface area contributed by atoms with Crippen LogP contribution < -0.4 is 5.73 Å². The van der Waals surface area contributed by atoms with Gasteiger partial charge in [-0.15, -0.1) is 0 Å². The molecule has 1 aromatic heterocycles. The van der Waals surface area contributed by atoms with E-state index in [2.05, 4.69) is 18.9 Å². The van der Waals surface area contributed by atoms with Crippen molar-refractivity contribution < 1.29 is 0 Å². The van der Waals surface area contributed by atoms with Crippen molar-refractivity contribution in [1.29, 1.82) is 0 Å². The fourth-order valence-corrected chi connectivity index (χ4v) is 2.59. The van der Waals surface area contributed by atoms with Gasteiger partial charge in [0.05, 0.1) is 12.2 Å². The first-order chi connectivity index (χ1) is 9.04. The molecule has 0 radical (unpaired) electrons. The molecule has 0 fully saturated rings. The molecule has 2 aromatic rings. The van der Waals surface area contributed by atoms with E-state index in [9.17, 15) is 0 Å². The highest BCUT2D eigenvalue weighted by Crippen LogP contribution is 2.24. The van der Waals surface area contributed by atoms with Gasteiger partial charge in [0.2, 0.25) is 0 Å². The van der Waals surface area contributed by atoms with Crippen molar-refractivity contribution in [3.8, 4) is 0 Å². The number of nitrogens with two attached hydrogens (primary N) is 1. The standard InChI is InChI=1S/C15H20ClN3/c1-4-14(17)15-10(2)18-19(11(15)3)9-12-7-5-6-8-13(12)16/h5-8,14H,4,9,17H2,1-3H3. The third-order valence-corrected chi connectivity index (χ3v) is 3.89. The summed E-state index contributed by atoms with van der Waals surface area (Å²) >= 11 is 6.20. The Morgan fingerprint density at radius 2 is 2.00 bits per heavy atom. The zero-order chi connectivity index (χ0) is 14.0. The minimum atomic E-state index is 0.0556. The summed E-state index contributed by atoms with van der Waals surface area (Å²) in [5.74, 6) is 0. The van der Waals surface area contributed by atoms with Gasteiger partial charge in [0.1, 0.15) is 0 Å². The maximum atomic E-state index is 6.20. The summed E-state index contributed by atoms with van der Waals surface area (Å²) in [6.07, 6.45) is 0.916. The van der Waals surface area contributed by atoms with E-state index in [1.165, 1.54) is 0 Å². The van der Waals surface area contributed by atoms with Crippen molar-refractivity contribution in [2.75, 3.05) is 0 Å². The van der Waals surface area contributed by atoms with Crippen LogP contribution in [0.1, 0.15) is 41.9 Å². The number of benzene rings is 1. The average Bonchev–Trinajstić information content (AvgIpc) is 2.66. The highest BCUT2D eigenvalue weighted by atomic mass is 35.5. The number of aromatic nitrogens is 2. The quantitative estimate of drug-likeness (QED) is 0.928. The lowest BCUT2D eigenvalue weighted by Gasteiger charge is -2.10. The highest BCUT2D eigenvalue weighted by molar-refractivity contribution is 6.31. The van der Waals surface area contributed by atoms with E-state index in [1.54, 1.807) is 0 Å². The Kier molecular flexibility index (Phi) is 4.27. The van der Waals surface area contributed by atoms with Gasteiger partial charge in [-0.05, 0) is 31.9 Å². The average molecular weight is 278 g/mol. The van der Waals surface area contributed by atoms with E-state index in [4.69, 9.17) is 17.3 Å². The number of halogens is 1. The maximum absolute atomic E-state index is 6.20. The summed E-state index contributed by atoms with van der Waals surface area (Å²) in [6.45, 7) is 6.86. The predicted octanol–water partition coefficient (Wildman–Crippen LogP) is 3.61. The molecule has 0 saturated carbocycles. The minimum Gasteiger partial charge on any atom is -0.324 e. The predicted molar refractivity (Wildman–Crippen MR) is 79.5 cm³/mol. The van der Waals surface area contributed by atoms with Gasteiger partial charge in [-0.3, -0.25) is 4.68 Å².